The molecule has 0 radical (unpaired) electrons. The number of ether oxygens (including phenoxy) is 1. The molecule has 2 nitrogen and oxygen atoms in total. The van der Waals surface area contributed by atoms with Gasteiger partial charge in [-0.25, -0.2) is 0 Å². The number of nitrogens with one attached hydrogen (secondary N) is 1. The molecule has 0 unspecified atom stereocenters. The van der Waals surface area contributed by atoms with Crippen LogP contribution in [0.1, 0.15) is 5.56 Å². The summed E-state index contributed by atoms with van der Waals surface area (Å²) in [6, 6.07) is 5.86. The van der Waals surface area contributed by atoms with Gasteiger partial charge in [0.1, 0.15) is 5.75 Å². The molecule has 3 heteroatoms. The number of halogens is 1. The highest BCUT2D eigenvalue weighted by Gasteiger charge is 2.00. The van der Waals surface area contributed by atoms with Crippen molar-refractivity contribution in [2.45, 2.75) is 6.54 Å². The second-order valence-electron chi connectivity index (χ2n) is 2.77. The van der Waals surface area contributed by atoms with E-state index in [1.54, 1.807) is 7.11 Å². The molecule has 0 spiro atoms. The van der Waals surface area contributed by atoms with E-state index in [2.05, 4.69) is 27.2 Å². The summed E-state index contributed by atoms with van der Waals surface area (Å²) >= 11 is 3.46. The van der Waals surface area contributed by atoms with Gasteiger partial charge in [0.2, 0.25) is 0 Å². The summed E-state index contributed by atoms with van der Waals surface area (Å²) in [7, 11) is 1.65. The lowest BCUT2D eigenvalue weighted by atomic mass is 10.2. The number of hydrogen-bond donors (Lipinski definition) is 1. The van der Waals surface area contributed by atoms with Crippen molar-refractivity contribution in [1.82, 2.24) is 5.32 Å². The monoisotopic (exact) mass is 253 g/mol. The molecule has 0 bridgehead atoms. The van der Waals surface area contributed by atoms with Gasteiger partial charge in [-0.15, -0.1) is 6.42 Å². The van der Waals surface area contributed by atoms with Gasteiger partial charge < -0.3 is 10.1 Å². The highest BCUT2D eigenvalue weighted by molar-refractivity contribution is 9.10. The predicted octanol–water partition coefficient (Wildman–Crippen LogP) is 2.18. The van der Waals surface area contributed by atoms with Crippen LogP contribution in [0.2, 0.25) is 0 Å². The molecule has 0 saturated carbocycles. The van der Waals surface area contributed by atoms with E-state index in [9.17, 15) is 0 Å². The first kappa shape index (κ1) is 11.1. The fourth-order valence-corrected chi connectivity index (χ4v) is 1.47. The Morgan fingerprint density at radius 1 is 1.57 bits per heavy atom. The van der Waals surface area contributed by atoms with Crippen molar-refractivity contribution >= 4 is 15.9 Å². The zero-order valence-corrected chi connectivity index (χ0v) is 9.60. The van der Waals surface area contributed by atoms with E-state index >= 15 is 0 Å². The maximum atomic E-state index is 5.14. The second kappa shape index (κ2) is 5.69. The summed E-state index contributed by atoms with van der Waals surface area (Å²) in [6.45, 7) is 1.31. The number of hydrogen-bond acceptors (Lipinski definition) is 2. The molecule has 1 rings (SSSR count). The summed E-state index contributed by atoms with van der Waals surface area (Å²) in [4.78, 5) is 0. The molecule has 74 valence electrons. The molecule has 0 aliphatic rings. The third-order valence-corrected chi connectivity index (χ3v) is 2.57. The van der Waals surface area contributed by atoms with E-state index in [0.29, 0.717) is 6.54 Å². The molecule has 1 N–H and O–H groups in total. The fraction of sp³-hybridized carbons (Fsp3) is 0.273. The Kier molecular flexibility index (Phi) is 4.51. The number of terminal acetylenes is 1. The number of methoxy groups -OCH3 is 1. The van der Waals surface area contributed by atoms with E-state index in [4.69, 9.17) is 11.2 Å². The van der Waals surface area contributed by atoms with Crippen molar-refractivity contribution in [3.8, 4) is 18.1 Å². The van der Waals surface area contributed by atoms with Crippen LogP contribution in [0.15, 0.2) is 22.7 Å². The first-order valence-corrected chi connectivity index (χ1v) is 5.04. The Morgan fingerprint density at radius 2 is 2.36 bits per heavy atom. The first-order chi connectivity index (χ1) is 6.77. The van der Waals surface area contributed by atoms with E-state index < -0.39 is 0 Å². The maximum Gasteiger partial charge on any atom is 0.119 e. The van der Waals surface area contributed by atoms with E-state index in [1.807, 2.05) is 18.2 Å². The normalized spacial score (nSPS) is 9.50. The topological polar surface area (TPSA) is 21.3 Å². The molecule has 1 aromatic rings. The van der Waals surface area contributed by atoms with Crippen LogP contribution in [0.4, 0.5) is 0 Å². The minimum atomic E-state index is 0.573. The van der Waals surface area contributed by atoms with Crippen LogP contribution in [-0.2, 0) is 6.54 Å². The Labute approximate surface area is 92.8 Å². The smallest absolute Gasteiger partial charge is 0.119 e. The zero-order valence-electron chi connectivity index (χ0n) is 8.01. The van der Waals surface area contributed by atoms with Crippen LogP contribution in [0, 0.1) is 12.3 Å². The first-order valence-electron chi connectivity index (χ1n) is 4.24. The molecule has 0 atom stereocenters. The average molecular weight is 254 g/mol. The van der Waals surface area contributed by atoms with E-state index in [-0.39, 0.29) is 0 Å². The summed E-state index contributed by atoms with van der Waals surface area (Å²) in [6.07, 6.45) is 5.14. The second-order valence-corrected chi connectivity index (χ2v) is 3.62. The molecule has 0 aliphatic carbocycles. The standard InChI is InChI=1S/C11H12BrNO/c1-3-6-13-8-9-7-10(14-2)4-5-11(9)12/h1,4-5,7,13H,6,8H2,2H3. The molecule has 0 aliphatic heterocycles. The molecular formula is C11H12BrNO. The van der Waals surface area contributed by atoms with Crippen LogP contribution in [0.3, 0.4) is 0 Å². The molecule has 0 amide bonds. The largest absolute Gasteiger partial charge is 0.497 e. The minimum absolute atomic E-state index is 0.573. The SMILES string of the molecule is C#CCNCc1cc(OC)ccc1Br. The van der Waals surface area contributed by atoms with Crippen molar-refractivity contribution < 1.29 is 4.74 Å². The Hall–Kier alpha value is -0.980. The quantitative estimate of drug-likeness (QED) is 0.656. The molecule has 0 aromatic heterocycles. The van der Waals surface area contributed by atoms with Gasteiger partial charge in [0.25, 0.3) is 0 Å². The highest BCUT2D eigenvalue weighted by Crippen LogP contribution is 2.22. The van der Waals surface area contributed by atoms with Crippen molar-refractivity contribution in [1.29, 1.82) is 0 Å². The third kappa shape index (κ3) is 3.06. The average Bonchev–Trinajstić information content (AvgIpc) is 2.21. The zero-order chi connectivity index (χ0) is 10.4. The van der Waals surface area contributed by atoms with Gasteiger partial charge >= 0.3 is 0 Å². The summed E-state index contributed by atoms with van der Waals surface area (Å²) in [5.41, 5.74) is 1.14. The van der Waals surface area contributed by atoms with Crippen LogP contribution < -0.4 is 10.1 Å². The Balaban J connectivity index is 2.69. The van der Waals surface area contributed by atoms with Gasteiger partial charge in [-0.3, -0.25) is 0 Å². The molecule has 0 saturated heterocycles. The van der Waals surface area contributed by atoms with Gasteiger partial charge in [0.15, 0.2) is 0 Å². The summed E-state index contributed by atoms with van der Waals surface area (Å²) < 4.78 is 6.19. The number of rotatable bonds is 4. The van der Waals surface area contributed by atoms with E-state index in [0.717, 1.165) is 22.3 Å². The van der Waals surface area contributed by atoms with E-state index in [1.165, 1.54) is 0 Å². The molecule has 14 heavy (non-hydrogen) atoms. The summed E-state index contributed by atoms with van der Waals surface area (Å²) in [5.74, 6) is 3.38. The number of benzene rings is 1. The van der Waals surface area contributed by atoms with Crippen molar-refractivity contribution in [2.75, 3.05) is 13.7 Å². The third-order valence-electron chi connectivity index (χ3n) is 1.80. The fourth-order valence-electron chi connectivity index (χ4n) is 1.08. The van der Waals surface area contributed by atoms with Gasteiger partial charge in [0, 0.05) is 11.0 Å². The van der Waals surface area contributed by atoms with Crippen LogP contribution in [0.5, 0.6) is 5.75 Å². The van der Waals surface area contributed by atoms with Gasteiger partial charge in [-0.1, -0.05) is 21.9 Å². The molecule has 0 heterocycles. The van der Waals surface area contributed by atoms with Crippen molar-refractivity contribution in [2.24, 2.45) is 0 Å². The van der Waals surface area contributed by atoms with Gasteiger partial charge in [0.05, 0.1) is 13.7 Å². The highest BCUT2D eigenvalue weighted by atomic mass is 79.9. The predicted molar refractivity (Wildman–Crippen MR) is 61.2 cm³/mol. The lowest BCUT2D eigenvalue weighted by Crippen LogP contribution is -2.13. The Bertz CT molecular complexity index is 344. The molecular weight excluding hydrogens is 242 g/mol. The summed E-state index contributed by atoms with van der Waals surface area (Å²) in [5, 5.41) is 3.12. The Morgan fingerprint density at radius 3 is 3.00 bits per heavy atom. The lowest BCUT2D eigenvalue weighted by molar-refractivity contribution is 0.414. The molecule has 0 fully saturated rings. The van der Waals surface area contributed by atoms with Crippen LogP contribution in [-0.4, -0.2) is 13.7 Å². The van der Waals surface area contributed by atoms with Gasteiger partial charge in [-0.2, -0.15) is 0 Å². The van der Waals surface area contributed by atoms with Gasteiger partial charge in [-0.05, 0) is 23.8 Å². The lowest BCUT2D eigenvalue weighted by Gasteiger charge is -2.07. The van der Waals surface area contributed by atoms with Crippen LogP contribution >= 0.6 is 15.9 Å². The molecule has 1 aromatic carbocycles. The maximum absolute atomic E-state index is 5.14. The minimum Gasteiger partial charge on any atom is -0.497 e. The van der Waals surface area contributed by atoms with Crippen molar-refractivity contribution in [3.63, 3.8) is 0 Å². The van der Waals surface area contributed by atoms with Crippen molar-refractivity contribution in [3.05, 3.63) is 28.2 Å². The van der Waals surface area contributed by atoms with Crippen LogP contribution in [0.25, 0.3) is 0 Å².